The van der Waals surface area contributed by atoms with Crippen LogP contribution >= 0.6 is 23.4 Å². The molecule has 0 aliphatic heterocycles. The van der Waals surface area contributed by atoms with E-state index in [1.165, 1.54) is 17.8 Å². The number of hydrogen-bond acceptors (Lipinski definition) is 3. The largest absolute Gasteiger partial charge is 0.325 e. The van der Waals surface area contributed by atoms with Gasteiger partial charge in [-0.15, -0.1) is 11.8 Å². The number of halogens is 1. The first-order chi connectivity index (χ1) is 14.5. The van der Waals surface area contributed by atoms with Crippen LogP contribution in [-0.2, 0) is 9.59 Å². The molecule has 0 aliphatic carbocycles. The van der Waals surface area contributed by atoms with E-state index in [1.54, 1.807) is 30.3 Å². The first kappa shape index (κ1) is 21.7. The maximum Gasteiger partial charge on any atom is 0.248 e. The summed E-state index contributed by atoms with van der Waals surface area (Å²) < 4.78 is 0. The Labute approximate surface area is 185 Å². The fourth-order valence-corrected chi connectivity index (χ4v) is 3.75. The summed E-state index contributed by atoms with van der Waals surface area (Å²) in [6.07, 6.45) is 3.26. The van der Waals surface area contributed by atoms with Crippen LogP contribution in [0.25, 0.3) is 6.08 Å². The number of carbonyl (C=O) groups is 2. The van der Waals surface area contributed by atoms with E-state index >= 15 is 0 Å². The molecular weight excluding hydrogens is 416 g/mol. The average Bonchev–Trinajstić information content (AvgIpc) is 2.73. The molecule has 1 atom stereocenters. The molecule has 0 aliphatic rings. The molecule has 2 N–H and O–H groups in total. The van der Waals surface area contributed by atoms with Crippen LogP contribution in [0, 0.1) is 0 Å². The third kappa shape index (κ3) is 6.79. The molecule has 152 valence electrons. The van der Waals surface area contributed by atoms with E-state index in [-0.39, 0.29) is 17.1 Å². The van der Waals surface area contributed by atoms with Crippen molar-refractivity contribution in [3.63, 3.8) is 0 Å². The molecule has 4 nitrogen and oxygen atoms in total. The van der Waals surface area contributed by atoms with Gasteiger partial charge in [0.05, 0.1) is 5.25 Å². The highest BCUT2D eigenvalue weighted by molar-refractivity contribution is 8.00. The summed E-state index contributed by atoms with van der Waals surface area (Å²) in [5, 5.41) is 5.95. The number of amides is 2. The quantitative estimate of drug-likeness (QED) is 0.347. The van der Waals surface area contributed by atoms with Crippen LogP contribution in [0.2, 0.25) is 5.02 Å². The van der Waals surface area contributed by atoms with Crippen LogP contribution in [0.4, 0.5) is 11.4 Å². The normalized spacial score (nSPS) is 11.8. The number of rotatable bonds is 7. The second-order valence-corrected chi connectivity index (χ2v) is 8.37. The van der Waals surface area contributed by atoms with Crippen molar-refractivity contribution >= 4 is 52.6 Å². The fourth-order valence-electron chi connectivity index (χ4n) is 2.63. The highest BCUT2D eigenvalue weighted by atomic mass is 35.5. The van der Waals surface area contributed by atoms with E-state index in [1.807, 2.05) is 61.5 Å². The number of carbonyl (C=O) groups excluding carboxylic acids is 2. The number of anilines is 2. The van der Waals surface area contributed by atoms with Gasteiger partial charge in [0, 0.05) is 27.4 Å². The molecule has 2 amide bonds. The maximum absolute atomic E-state index is 12.5. The van der Waals surface area contributed by atoms with E-state index in [2.05, 4.69) is 10.6 Å². The summed E-state index contributed by atoms with van der Waals surface area (Å²) in [5.74, 6) is -0.338. The van der Waals surface area contributed by atoms with Crippen molar-refractivity contribution in [2.45, 2.75) is 17.1 Å². The Morgan fingerprint density at radius 1 is 0.900 bits per heavy atom. The van der Waals surface area contributed by atoms with Crippen LogP contribution in [0.5, 0.6) is 0 Å². The summed E-state index contributed by atoms with van der Waals surface area (Å²) in [6, 6.07) is 24.1. The molecule has 0 saturated carbocycles. The predicted octanol–water partition coefficient (Wildman–Crippen LogP) is 6.11. The zero-order valence-electron chi connectivity index (χ0n) is 16.3. The van der Waals surface area contributed by atoms with E-state index in [4.69, 9.17) is 11.6 Å². The summed E-state index contributed by atoms with van der Waals surface area (Å²) in [5.41, 5.74) is 2.29. The minimum Gasteiger partial charge on any atom is -0.325 e. The molecule has 0 fully saturated rings. The van der Waals surface area contributed by atoms with Gasteiger partial charge in [0.15, 0.2) is 0 Å². The summed E-state index contributed by atoms with van der Waals surface area (Å²) in [4.78, 5) is 25.5. The molecule has 0 heterocycles. The minimum absolute atomic E-state index is 0.123. The van der Waals surface area contributed by atoms with Crippen LogP contribution in [-0.4, -0.2) is 17.1 Å². The van der Waals surface area contributed by atoms with Gasteiger partial charge in [-0.05, 0) is 55.0 Å². The Balaban J connectivity index is 1.57. The van der Waals surface area contributed by atoms with E-state index in [0.717, 1.165) is 10.5 Å². The standard InChI is InChI=1S/C24H21ClN2O2S/c1-17(24(29)27-20-10-5-9-19(25)15-20)30-22-12-6-11-21(16-22)26-23(28)14-13-18-7-3-2-4-8-18/h2-17H,1H3,(H,26,28)(H,27,29)/b14-13+. The van der Waals surface area contributed by atoms with Gasteiger partial charge in [0.2, 0.25) is 11.8 Å². The third-order valence-electron chi connectivity index (χ3n) is 4.10. The first-order valence-electron chi connectivity index (χ1n) is 9.37. The van der Waals surface area contributed by atoms with Crippen molar-refractivity contribution in [1.29, 1.82) is 0 Å². The molecule has 3 aromatic rings. The van der Waals surface area contributed by atoms with E-state index in [9.17, 15) is 9.59 Å². The Bertz CT molecular complexity index is 1050. The smallest absolute Gasteiger partial charge is 0.248 e. The van der Waals surface area contributed by atoms with Crippen LogP contribution in [0.1, 0.15) is 12.5 Å². The van der Waals surface area contributed by atoms with Gasteiger partial charge in [-0.1, -0.05) is 54.1 Å². The number of benzene rings is 3. The molecule has 0 aromatic heterocycles. The lowest BCUT2D eigenvalue weighted by molar-refractivity contribution is -0.115. The van der Waals surface area contributed by atoms with Crippen LogP contribution < -0.4 is 10.6 Å². The van der Waals surface area contributed by atoms with Gasteiger partial charge in [-0.25, -0.2) is 0 Å². The van der Waals surface area contributed by atoms with Crippen molar-refractivity contribution in [1.82, 2.24) is 0 Å². The Kier molecular flexibility index (Phi) is 7.71. The van der Waals surface area contributed by atoms with Crippen molar-refractivity contribution < 1.29 is 9.59 Å². The summed E-state index contributed by atoms with van der Waals surface area (Å²) in [6.45, 7) is 1.83. The molecule has 0 saturated heterocycles. The lowest BCUT2D eigenvalue weighted by Gasteiger charge is -2.13. The van der Waals surface area contributed by atoms with E-state index < -0.39 is 0 Å². The van der Waals surface area contributed by atoms with Gasteiger partial charge in [0.25, 0.3) is 0 Å². The van der Waals surface area contributed by atoms with Crippen LogP contribution in [0.15, 0.2) is 89.8 Å². The van der Waals surface area contributed by atoms with Gasteiger partial charge in [-0.3, -0.25) is 9.59 Å². The SMILES string of the molecule is CC(Sc1cccc(NC(=O)/C=C/c2ccccc2)c1)C(=O)Nc1cccc(Cl)c1. The van der Waals surface area contributed by atoms with Crippen LogP contribution in [0.3, 0.4) is 0 Å². The maximum atomic E-state index is 12.5. The Hall–Kier alpha value is -3.02. The van der Waals surface area contributed by atoms with Crippen molar-refractivity contribution in [3.8, 4) is 0 Å². The third-order valence-corrected chi connectivity index (χ3v) is 5.43. The van der Waals surface area contributed by atoms with Crippen molar-refractivity contribution in [2.75, 3.05) is 10.6 Å². The molecule has 1 unspecified atom stereocenters. The fraction of sp³-hybridized carbons (Fsp3) is 0.0833. The molecular formula is C24H21ClN2O2S. The zero-order valence-corrected chi connectivity index (χ0v) is 17.9. The molecule has 30 heavy (non-hydrogen) atoms. The Morgan fingerprint density at radius 3 is 2.33 bits per heavy atom. The van der Waals surface area contributed by atoms with Gasteiger partial charge < -0.3 is 10.6 Å². The number of nitrogens with one attached hydrogen (secondary N) is 2. The lowest BCUT2D eigenvalue weighted by atomic mass is 10.2. The monoisotopic (exact) mass is 436 g/mol. The molecule has 0 radical (unpaired) electrons. The summed E-state index contributed by atoms with van der Waals surface area (Å²) >= 11 is 7.37. The molecule has 6 heteroatoms. The van der Waals surface area contributed by atoms with Crippen molar-refractivity contribution in [2.24, 2.45) is 0 Å². The minimum atomic E-state index is -0.326. The van der Waals surface area contributed by atoms with Crippen molar-refractivity contribution in [3.05, 3.63) is 95.5 Å². The van der Waals surface area contributed by atoms with Gasteiger partial charge in [-0.2, -0.15) is 0 Å². The predicted molar refractivity (Wildman–Crippen MR) is 126 cm³/mol. The van der Waals surface area contributed by atoms with E-state index in [0.29, 0.717) is 16.4 Å². The van der Waals surface area contributed by atoms with Gasteiger partial charge in [0.1, 0.15) is 0 Å². The van der Waals surface area contributed by atoms with Gasteiger partial charge >= 0.3 is 0 Å². The first-order valence-corrected chi connectivity index (χ1v) is 10.6. The number of thioether (sulfide) groups is 1. The molecule has 3 aromatic carbocycles. The second-order valence-electron chi connectivity index (χ2n) is 6.52. The highest BCUT2D eigenvalue weighted by Gasteiger charge is 2.15. The number of hydrogen-bond donors (Lipinski definition) is 2. The molecule has 0 bridgehead atoms. The Morgan fingerprint density at radius 2 is 1.60 bits per heavy atom. The average molecular weight is 437 g/mol. The molecule has 0 spiro atoms. The lowest BCUT2D eigenvalue weighted by Crippen LogP contribution is -2.22. The zero-order chi connectivity index (χ0) is 21.3. The topological polar surface area (TPSA) is 58.2 Å². The second kappa shape index (κ2) is 10.7. The molecule has 3 rings (SSSR count). The highest BCUT2D eigenvalue weighted by Crippen LogP contribution is 2.27. The summed E-state index contributed by atoms with van der Waals surface area (Å²) in [7, 11) is 0.